The van der Waals surface area contributed by atoms with Crippen LogP contribution < -0.4 is 16.6 Å². The summed E-state index contributed by atoms with van der Waals surface area (Å²) in [5.74, 6) is 6.36. The van der Waals surface area contributed by atoms with E-state index in [1.54, 1.807) is 10.9 Å². The Morgan fingerprint density at radius 1 is 1.40 bits per heavy atom. The summed E-state index contributed by atoms with van der Waals surface area (Å²) in [6, 6.07) is 0. The predicted molar refractivity (Wildman–Crippen MR) is 74.8 cm³/mol. The predicted octanol–water partition coefficient (Wildman–Crippen LogP) is 0.293. The normalized spacial score (nSPS) is 10.9. The Morgan fingerprint density at radius 3 is 2.95 bits per heavy atom. The molecule has 0 aliphatic heterocycles. The molecule has 0 aromatic carbocycles. The van der Waals surface area contributed by atoms with E-state index in [1.165, 1.54) is 0 Å². The number of hydrogen-bond acceptors (Lipinski definition) is 7. The number of fused-ring (bicyclic) bond motifs is 1. The smallest absolute Gasteiger partial charge is 0.241 e. The lowest BCUT2D eigenvalue weighted by atomic mass is 10.2. The van der Waals surface area contributed by atoms with Crippen molar-refractivity contribution in [3.05, 3.63) is 23.7 Å². The highest BCUT2D eigenvalue weighted by Gasteiger charge is 2.10. The third-order valence-corrected chi connectivity index (χ3v) is 3.00. The van der Waals surface area contributed by atoms with Crippen molar-refractivity contribution in [3.63, 3.8) is 0 Å². The van der Waals surface area contributed by atoms with E-state index in [2.05, 4.69) is 36.0 Å². The zero-order chi connectivity index (χ0) is 14.1. The van der Waals surface area contributed by atoms with Gasteiger partial charge in [0.2, 0.25) is 5.95 Å². The quantitative estimate of drug-likeness (QED) is 0.398. The molecule has 20 heavy (non-hydrogen) atoms. The fourth-order valence-electron chi connectivity index (χ4n) is 2.04. The molecule has 9 heteroatoms. The molecule has 0 unspecified atom stereocenters. The zero-order valence-corrected chi connectivity index (χ0v) is 11.2. The maximum Gasteiger partial charge on any atom is 0.241 e. The van der Waals surface area contributed by atoms with Crippen LogP contribution in [0.5, 0.6) is 0 Å². The molecule has 3 aromatic heterocycles. The number of H-pyrrole nitrogens is 1. The standard InChI is InChI=1S/C11H15N9/c1-6-7(5-20(2)19-6)3-13-9-8-4-14-18-10(8)16-11(15-9)17-12/h4-5H,3,12H2,1-2H3,(H3,13,14,15,16,17,18). The van der Waals surface area contributed by atoms with E-state index >= 15 is 0 Å². The minimum Gasteiger partial charge on any atom is -0.365 e. The van der Waals surface area contributed by atoms with Crippen molar-refractivity contribution in [2.45, 2.75) is 13.5 Å². The molecule has 104 valence electrons. The maximum absolute atomic E-state index is 5.36. The number of rotatable bonds is 4. The second kappa shape index (κ2) is 4.78. The molecule has 0 radical (unpaired) electrons. The highest BCUT2D eigenvalue weighted by atomic mass is 15.3. The van der Waals surface area contributed by atoms with Gasteiger partial charge in [-0.25, -0.2) is 5.84 Å². The van der Waals surface area contributed by atoms with E-state index in [4.69, 9.17) is 5.84 Å². The Labute approximate surface area is 114 Å². The Hall–Kier alpha value is -2.68. The van der Waals surface area contributed by atoms with E-state index in [1.807, 2.05) is 20.2 Å². The molecular formula is C11H15N9. The van der Waals surface area contributed by atoms with Crippen molar-refractivity contribution in [2.24, 2.45) is 12.9 Å². The average molecular weight is 273 g/mol. The van der Waals surface area contributed by atoms with E-state index in [9.17, 15) is 0 Å². The van der Waals surface area contributed by atoms with Crippen molar-refractivity contribution in [1.82, 2.24) is 29.9 Å². The summed E-state index contributed by atoms with van der Waals surface area (Å²) < 4.78 is 1.78. The van der Waals surface area contributed by atoms with E-state index in [-0.39, 0.29) is 0 Å². The van der Waals surface area contributed by atoms with Crippen molar-refractivity contribution in [3.8, 4) is 0 Å². The molecule has 3 rings (SSSR count). The fraction of sp³-hybridized carbons (Fsp3) is 0.273. The number of nitrogens with zero attached hydrogens (tertiary/aromatic N) is 5. The summed E-state index contributed by atoms with van der Waals surface area (Å²) in [4.78, 5) is 8.47. The number of hydrogen-bond donors (Lipinski definition) is 4. The summed E-state index contributed by atoms with van der Waals surface area (Å²) in [7, 11) is 1.89. The van der Waals surface area contributed by atoms with Gasteiger partial charge in [-0.2, -0.15) is 20.2 Å². The van der Waals surface area contributed by atoms with Crippen LogP contribution in [0, 0.1) is 6.92 Å². The molecular weight excluding hydrogens is 258 g/mol. The van der Waals surface area contributed by atoms with Crippen LogP contribution in [-0.4, -0.2) is 29.9 Å². The van der Waals surface area contributed by atoms with Gasteiger partial charge < -0.3 is 5.32 Å². The summed E-state index contributed by atoms with van der Waals surface area (Å²) >= 11 is 0. The first-order valence-electron chi connectivity index (χ1n) is 6.08. The Balaban J connectivity index is 1.90. The first kappa shape index (κ1) is 12.4. The van der Waals surface area contributed by atoms with Gasteiger partial charge in [0.05, 0.1) is 17.3 Å². The maximum atomic E-state index is 5.36. The molecule has 0 aliphatic rings. The number of nitrogens with one attached hydrogen (secondary N) is 3. The number of nitrogens with two attached hydrogens (primary N) is 1. The van der Waals surface area contributed by atoms with Crippen LogP contribution in [0.4, 0.5) is 11.8 Å². The molecule has 3 aromatic rings. The third-order valence-electron chi connectivity index (χ3n) is 3.00. The average Bonchev–Trinajstić information content (AvgIpc) is 3.02. The molecule has 9 nitrogen and oxygen atoms in total. The molecule has 3 heterocycles. The van der Waals surface area contributed by atoms with Crippen LogP contribution >= 0.6 is 0 Å². The zero-order valence-electron chi connectivity index (χ0n) is 11.2. The molecule has 0 atom stereocenters. The second-order valence-corrected chi connectivity index (χ2v) is 4.44. The van der Waals surface area contributed by atoms with Crippen molar-refractivity contribution >= 4 is 22.8 Å². The van der Waals surface area contributed by atoms with Crippen LogP contribution in [0.3, 0.4) is 0 Å². The molecule has 0 spiro atoms. The molecule has 0 fully saturated rings. The van der Waals surface area contributed by atoms with Crippen LogP contribution in [0.1, 0.15) is 11.3 Å². The minimum absolute atomic E-state index is 0.326. The van der Waals surface area contributed by atoms with Crippen molar-refractivity contribution in [1.29, 1.82) is 0 Å². The van der Waals surface area contributed by atoms with Crippen molar-refractivity contribution < 1.29 is 0 Å². The largest absolute Gasteiger partial charge is 0.365 e. The first-order chi connectivity index (χ1) is 9.67. The van der Waals surface area contributed by atoms with Crippen molar-refractivity contribution in [2.75, 3.05) is 10.7 Å². The van der Waals surface area contributed by atoms with Crippen LogP contribution in [0.15, 0.2) is 12.4 Å². The van der Waals surface area contributed by atoms with E-state index < -0.39 is 0 Å². The van der Waals surface area contributed by atoms with Gasteiger partial charge >= 0.3 is 0 Å². The lowest BCUT2D eigenvalue weighted by Gasteiger charge is -2.07. The summed E-state index contributed by atoms with van der Waals surface area (Å²) in [6.07, 6.45) is 3.65. The van der Waals surface area contributed by atoms with Gasteiger partial charge in [-0.15, -0.1) is 0 Å². The number of aromatic nitrogens is 6. The third kappa shape index (κ3) is 2.14. The number of anilines is 2. The minimum atomic E-state index is 0.326. The number of hydrazine groups is 1. The first-order valence-corrected chi connectivity index (χ1v) is 6.08. The second-order valence-electron chi connectivity index (χ2n) is 4.44. The van der Waals surface area contributed by atoms with Crippen LogP contribution in [-0.2, 0) is 13.6 Å². The molecule has 0 bridgehead atoms. The SMILES string of the molecule is Cc1nn(C)cc1CNc1nc(NN)nc2[nH]ncc12. The number of nitrogen functional groups attached to an aromatic ring is 1. The van der Waals surface area contributed by atoms with E-state index in [0.29, 0.717) is 24.0 Å². The lowest BCUT2D eigenvalue weighted by molar-refractivity contribution is 0.756. The van der Waals surface area contributed by atoms with E-state index in [0.717, 1.165) is 16.6 Å². The Kier molecular flexibility index (Phi) is 2.95. The Morgan fingerprint density at radius 2 is 2.25 bits per heavy atom. The molecule has 5 N–H and O–H groups in total. The number of aromatic amines is 1. The monoisotopic (exact) mass is 273 g/mol. The summed E-state index contributed by atoms with van der Waals surface area (Å²) in [5, 5.41) is 15.1. The summed E-state index contributed by atoms with van der Waals surface area (Å²) in [6.45, 7) is 2.58. The highest BCUT2D eigenvalue weighted by Crippen LogP contribution is 2.20. The van der Waals surface area contributed by atoms with Crippen LogP contribution in [0.2, 0.25) is 0 Å². The summed E-state index contributed by atoms with van der Waals surface area (Å²) in [5.41, 5.74) is 5.14. The molecule has 0 aliphatic carbocycles. The molecule has 0 saturated carbocycles. The molecule has 0 amide bonds. The molecule has 0 saturated heterocycles. The van der Waals surface area contributed by atoms with Gasteiger partial charge in [-0.3, -0.25) is 15.2 Å². The Bertz CT molecular complexity index is 742. The van der Waals surface area contributed by atoms with Gasteiger partial charge in [0.15, 0.2) is 5.65 Å². The topological polar surface area (TPSA) is 122 Å². The van der Waals surface area contributed by atoms with Gasteiger partial charge in [0, 0.05) is 25.4 Å². The fourth-order valence-corrected chi connectivity index (χ4v) is 2.04. The number of aryl methyl sites for hydroxylation is 2. The van der Waals surface area contributed by atoms with Gasteiger partial charge in [-0.05, 0) is 6.92 Å². The van der Waals surface area contributed by atoms with Gasteiger partial charge in [0.1, 0.15) is 5.82 Å². The van der Waals surface area contributed by atoms with Gasteiger partial charge in [0.25, 0.3) is 0 Å². The van der Waals surface area contributed by atoms with Gasteiger partial charge in [-0.1, -0.05) is 0 Å². The highest BCUT2D eigenvalue weighted by molar-refractivity contribution is 5.86. The van der Waals surface area contributed by atoms with Crippen LogP contribution in [0.25, 0.3) is 11.0 Å². The lowest BCUT2D eigenvalue weighted by Crippen LogP contribution is -2.12.